The van der Waals surface area contributed by atoms with Gasteiger partial charge in [-0.1, -0.05) is 13.8 Å². The van der Waals surface area contributed by atoms with E-state index in [-0.39, 0.29) is 23.8 Å². The highest BCUT2D eigenvalue weighted by Gasteiger charge is 2.34. The second kappa shape index (κ2) is 6.73. The summed E-state index contributed by atoms with van der Waals surface area (Å²) in [4.78, 5) is 25.5. The van der Waals surface area contributed by atoms with E-state index in [1.54, 1.807) is 12.0 Å². The number of hydrogen-bond donors (Lipinski definition) is 1. The molecule has 104 valence electrons. The summed E-state index contributed by atoms with van der Waals surface area (Å²) in [5, 5.41) is 2.87. The average molecular weight is 256 g/mol. The number of nitrogens with one attached hydrogen (secondary N) is 1. The fourth-order valence-electron chi connectivity index (χ4n) is 2.22. The van der Waals surface area contributed by atoms with Crippen LogP contribution >= 0.6 is 0 Å². The van der Waals surface area contributed by atoms with Crippen molar-refractivity contribution in [2.75, 3.05) is 26.8 Å². The van der Waals surface area contributed by atoms with E-state index in [0.717, 1.165) is 6.54 Å². The van der Waals surface area contributed by atoms with Gasteiger partial charge in [0.2, 0.25) is 11.8 Å². The molecule has 1 aliphatic rings. The van der Waals surface area contributed by atoms with Gasteiger partial charge >= 0.3 is 0 Å². The molecule has 1 fully saturated rings. The fraction of sp³-hybridized carbons (Fsp3) is 0.846. The van der Waals surface area contributed by atoms with E-state index < -0.39 is 0 Å². The van der Waals surface area contributed by atoms with Crippen LogP contribution in [0.3, 0.4) is 0 Å². The number of carbonyl (C=O) groups is 2. The van der Waals surface area contributed by atoms with Crippen LogP contribution in [0.4, 0.5) is 0 Å². The van der Waals surface area contributed by atoms with Crippen molar-refractivity contribution in [1.29, 1.82) is 0 Å². The van der Waals surface area contributed by atoms with Crippen molar-refractivity contribution in [3.05, 3.63) is 0 Å². The lowest BCUT2D eigenvalue weighted by Gasteiger charge is -2.19. The van der Waals surface area contributed by atoms with E-state index in [0.29, 0.717) is 25.5 Å². The first kappa shape index (κ1) is 15.0. The number of ether oxygens (including phenoxy) is 1. The van der Waals surface area contributed by atoms with E-state index in [2.05, 4.69) is 19.2 Å². The molecule has 18 heavy (non-hydrogen) atoms. The minimum atomic E-state index is -0.212. The summed E-state index contributed by atoms with van der Waals surface area (Å²) < 4.78 is 4.97. The van der Waals surface area contributed by atoms with Crippen LogP contribution in [-0.4, -0.2) is 49.6 Å². The van der Waals surface area contributed by atoms with E-state index >= 15 is 0 Å². The minimum absolute atomic E-state index is 0.0169. The second-order valence-corrected chi connectivity index (χ2v) is 5.46. The third-order valence-corrected chi connectivity index (χ3v) is 2.98. The Morgan fingerprint density at radius 2 is 2.17 bits per heavy atom. The molecule has 0 spiro atoms. The van der Waals surface area contributed by atoms with Crippen molar-refractivity contribution < 1.29 is 14.3 Å². The molecule has 1 heterocycles. The molecule has 0 bridgehead atoms. The number of methoxy groups -OCH3 is 1. The van der Waals surface area contributed by atoms with Crippen LogP contribution in [0.1, 0.15) is 27.2 Å². The maximum Gasteiger partial charge on any atom is 0.225 e. The number of carbonyl (C=O) groups excluding carboxylic acids is 2. The Labute approximate surface area is 109 Å². The van der Waals surface area contributed by atoms with Gasteiger partial charge in [0.15, 0.2) is 0 Å². The van der Waals surface area contributed by atoms with Crippen molar-refractivity contribution in [1.82, 2.24) is 10.2 Å². The molecule has 1 aliphatic heterocycles. The van der Waals surface area contributed by atoms with Gasteiger partial charge in [0.25, 0.3) is 0 Å². The topological polar surface area (TPSA) is 58.6 Å². The molecule has 0 aromatic carbocycles. The van der Waals surface area contributed by atoms with E-state index in [9.17, 15) is 9.59 Å². The van der Waals surface area contributed by atoms with Crippen molar-refractivity contribution in [2.24, 2.45) is 11.8 Å². The van der Waals surface area contributed by atoms with Crippen molar-refractivity contribution >= 4 is 11.8 Å². The first-order valence-corrected chi connectivity index (χ1v) is 6.51. The SMILES string of the molecule is COC[C@@H](C)NC(=O)[C@@H]1CC(=O)N(CC(C)C)C1. The standard InChI is InChI=1S/C13H24N2O3/c1-9(2)6-15-7-11(5-12(15)16)13(17)14-10(3)8-18-4/h9-11H,5-8H2,1-4H3,(H,14,17)/t10-,11-/m1/s1. The molecular weight excluding hydrogens is 232 g/mol. The Hall–Kier alpha value is -1.10. The van der Waals surface area contributed by atoms with Gasteiger partial charge in [0, 0.05) is 32.7 Å². The molecule has 0 aliphatic carbocycles. The molecule has 2 atom stereocenters. The lowest BCUT2D eigenvalue weighted by molar-refractivity contribution is -0.129. The summed E-state index contributed by atoms with van der Waals surface area (Å²) in [5.74, 6) is 0.265. The van der Waals surface area contributed by atoms with Crippen LogP contribution in [0, 0.1) is 11.8 Å². The predicted molar refractivity (Wildman–Crippen MR) is 69.0 cm³/mol. The first-order valence-electron chi connectivity index (χ1n) is 6.51. The van der Waals surface area contributed by atoms with Gasteiger partial charge in [-0.05, 0) is 12.8 Å². The molecule has 1 rings (SSSR count). The van der Waals surface area contributed by atoms with Crippen LogP contribution in [-0.2, 0) is 14.3 Å². The Kier molecular flexibility index (Phi) is 5.59. The van der Waals surface area contributed by atoms with Gasteiger partial charge in [-0.2, -0.15) is 0 Å². The molecule has 0 aromatic heterocycles. The molecule has 1 N–H and O–H groups in total. The summed E-state index contributed by atoms with van der Waals surface area (Å²) in [6, 6.07) is -0.0169. The smallest absolute Gasteiger partial charge is 0.225 e. The predicted octanol–water partition coefficient (Wildman–Crippen LogP) is 0.642. The number of nitrogens with zero attached hydrogens (tertiary/aromatic N) is 1. The van der Waals surface area contributed by atoms with Gasteiger partial charge < -0.3 is 15.0 Å². The highest BCUT2D eigenvalue weighted by atomic mass is 16.5. The monoisotopic (exact) mass is 256 g/mol. The number of hydrogen-bond acceptors (Lipinski definition) is 3. The van der Waals surface area contributed by atoms with Gasteiger partial charge in [0.1, 0.15) is 0 Å². The normalized spacial score (nSPS) is 21.5. The van der Waals surface area contributed by atoms with Crippen LogP contribution in [0.2, 0.25) is 0 Å². The summed E-state index contributed by atoms with van der Waals surface area (Å²) in [5.41, 5.74) is 0. The highest BCUT2D eigenvalue weighted by molar-refractivity contribution is 5.89. The molecule has 0 radical (unpaired) electrons. The number of rotatable bonds is 6. The Balaban J connectivity index is 2.44. The quantitative estimate of drug-likeness (QED) is 0.759. The van der Waals surface area contributed by atoms with E-state index in [4.69, 9.17) is 4.74 Å². The summed E-state index contributed by atoms with van der Waals surface area (Å²) in [6.45, 7) is 7.80. The number of likely N-dealkylation sites (tertiary alicyclic amines) is 1. The van der Waals surface area contributed by atoms with E-state index in [1.165, 1.54) is 0 Å². The molecule has 0 saturated carbocycles. The molecule has 0 aromatic rings. The van der Waals surface area contributed by atoms with Crippen LogP contribution in [0.15, 0.2) is 0 Å². The van der Waals surface area contributed by atoms with Crippen LogP contribution in [0.25, 0.3) is 0 Å². The Morgan fingerprint density at radius 3 is 2.72 bits per heavy atom. The zero-order valence-corrected chi connectivity index (χ0v) is 11.7. The third kappa shape index (κ3) is 4.29. The lowest BCUT2D eigenvalue weighted by Crippen LogP contribution is -2.40. The zero-order valence-electron chi connectivity index (χ0n) is 11.7. The number of amides is 2. The molecular formula is C13H24N2O3. The van der Waals surface area contributed by atoms with Crippen molar-refractivity contribution in [2.45, 2.75) is 33.2 Å². The lowest BCUT2D eigenvalue weighted by atomic mass is 10.1. The van der Waals surface area contributed by atoms with Crippen molar-refractivity contribution in [3.8, 4) is 0 Å². The van der Waals surface area contributed by atoms with Gasteiger partial charge in [-0.25, -0.2) is 0 Å². The Bertz CT molecular complexity index is 305. The molecule has 0 unspecified atom stereocenters. The zero-order chi connectivity index (χ0) is 13.7. The van der Waals surface area contributed by atoms with Crippen LogP contribution < -0.4 is 5.32 Å². The fourth-order valence-corrected chi connectivity index (χ4v) is 2.22. The maximum absolute atomic E-state index is 12.0. The first-order chi connectivity index (χ1) is 8.43. The van der Waals surface area contributed by atoms with Crippen LogP contribution in [0.5, 0.6) is 0 Å². The average Bonchev–Trinajstić information content (AvgIpc) is 2.60. The summed E-state index contributed by atoms with van der Waals surface area (Å²) in [7, 11) is 1.60. The second-order valence-electron chi connectivity index (χ2n) is 5.46. The Morgan fingerprint density at radius 1 is 1.50 bits per heavy atom. The van der Waals surface area contributed by atoms with E-state index in [1.807, 2.05) is 6.92 Å². The third-order valence-electron chi connectivity index (χ3n) is 2.98. The van der Waals surface area contributed by atoms with Crippen molar-refractivity contribution in [3.63, 3.8) is 0 Å². The van der Waals surface area contributed by atoms with Gasteiger partial charge in [0.05, 0.1) is 12.5 Å². The van der Waals surface area contributed by atoms with Gasteiger partial charge in [-0.3, -0.25) is 9.59 Å². The largest absolute Gasteiger partial charge is 0.383 e. The van der Waals surface area contributed by atoms with Gasteiger partial charge in [-0.15, -0.1) is 0 Å². The maximum atomic E-state index is 12.0. The molecule has 2 amide bonds. The molecule has 5 nitrogen and oxygen atoms in total. The minimum Gasteiger partial charge on any atom is -0.383 e. The molecule has 5 heteroatoms. The summed E-state index contributed by atoms with van der Waals surface area (Å²) >= 11 is 0. The summed E-state index contributed by atoms with van der Waals surface area (Å²) in [6.07, 6.45) is 0.332. The molecule has 1 saturated heterocycles. The highest BCUT2D eigenvalue weighted by Crippen LogP contribution is 2.19.